The third-order valence-corrected chi connectivity index (χ3v) is 2.44. The average Bonchev–Trinajstić information content (AvgIpc) is 2.32. The summed E-state index contributed by atoms with van der Waals surface area (Å²) >= 11 is 0. The molecule has 0 aliphatic carbocycles. The highest BCUT2D eigenvalue weighted by atomic mass is 16.5. The van der Waals surface area contributed by atoms with Crippen molar-refractivity contribution < 1.29 is 4.74 Å². The molecule has 0 unspecified atom stereocenters. The Morgan fingerprint density at radius 3 is 2.83 bits per heavy atom. The fourth-order valence-corrected chi connectivity index (χ4v) is 1.47. The molecule has 0 aliphatic rings. The van der Waals surface area contributed by atoms with E-state index in [-0.39, 0.29) is 5.56 Å². The van der Waals surface area contributed by atoms with Crippen LogP contribution in [-0.2, 0) is 6.54 Å². The van der Waals surface area contributed by atoms with E-state index in [0.717, 1.165) is 19.4 Å². The maximum Gasteiger partial charge on any atom is 0.270 e. The van der Waals surface area contributed by atoms with Crippen molar-refractivity contribution in [3.63, 3.8) is 0 Å². The molecule has 2 N–H and O–H groups in total. The smallest absolute Gasteiger partial charge is 0.270 e. The lowest BCUT2D eigenvalue weighted by Crippen LogP contribution is -2.24. The van der Waals surface area contributed by atoms with Crippen LogP contribution in [0.5, 0.6) is 5.75 Å². The Kier molecular flexibility index (Phi) is 6.38. The maximum absolute atomic E-state index is 11.7. The summed E-state index contributed by atoms with van der Waals surface area (Å²) in [5.41, 5.74) is 5.23. The second kappa shape index (κ2) is 7.84. The lowest BCUT2D eigenvalue weighted by Gasteiger charge is -2.10. The highest BCUT2D eigenvalue weighted by molar-refractivity contribution is 5.13. The van der Waals surface area contributed by atoms with Crippen molar-refractivity contribution in [1.29, 1.82) is 0 Å². The van der Waals surface area contributed by atoms with E-state index in [0.29, 0.717) is 25.4 Å². The van der Waals surface area contributed by atoms with Crippen LogP contribution in [0.4, 0.5) is 0 Å². The number of hydrogen-bond acceptors (Lipinski definition) is 5. The number of nitrogens with two attached hydrogens (primary N) is 1. The molecule has 0 radical (unpaired) electrons. The molecule has 1 aromatic heterocycles. The summed E-state index contributed by atoms with van der Waals surface area (Å²) in [6, 6.07) is 1.47. The molecule has 1 aromatic rings. The minimum Gasteiger partial charge on any atom is -0.492 e. The van der Waals surface area contributed by atoms with Crippen LogP contribution in [0.2, 0.25) is 0 Å². The molecule has 0 aromatic carbocycles. The van der Waals surface area contributed by atoms with E-state index in [2.05, 4.69) is 10.00 Å². The Balaban J connectivity index is 2.49. The van der Waals surface area contributed by atoms with E-state index in [1.165, 1.54) is 10.7 Å². The third-order valence-electron chi connectivity index (χ3n) is 2.44. The van der Waals surface area contributed by atoms with Gasteiger partial charge in [-0.2, -0.15) is 5.10 Å². The Morgan fingerprint density at radius 2 is 2.22 bits per heavy atom. The summed E-state index contributed by atoms with van der Waals surface area (Å²) in [5, 5.41) is 4.08. The summed E-state index contributed by atoms with van der Waals surface area (Å²) < 4.78 is 6.82. The molecule has 0 bridgehead atoms. The van der Waals surface area contributed by atoms with Gasteiger partial charge >= 0.3 is 0 Å². The van der Waals surface area contributed by atoms with Crippen LogP contribution in [-0.4, -0.2) is 48.5 Å². The predicted octanol–water partition coefficient (Wildman–Crippen LogP) is -0.0774. The maximum atomic E-state index is 11.7. The first-order chi connectivity index (χ1) is 8.63. The van der Waals surface area contributed by atoms with E-state index in [4.69, 9.17) is 10.5 Å². The molecule has 0 amide bonds. The van der Waals surface area contributed by atoms with Gasteiger partial charge in [-0.05, 0) is 40.0 Å². The zero-order valence-electron chi connectivity index (χ0n) is 11.1. The topological polar surface area (TPSA) is 73.4 Å². The van der Waals surface area contributed by atoms with Gasteiger partial charge in [-0.25, -0.2) is 4.68 Å². The number of rotatable bonds is 8. The van der Waals surface area contributed by atoms with E-state index in [9.17, 15) is 4.79 Å². The fraction of sp³-hybridized carbons (Fsp3) is 0.667. The molecule has 1 heterocycles. The number of aryl methyl sites for hydroxylation is 1. The van der Waals surface area contributed by atoms with Crippen LogP contribution in [0.25, 0.3) is 0 Å². The fourth-order valence-electron chi connectivity index (χ4n) is 1.47. The van der Waals surface area contributed by atoms with Gasteiger partial charge in [0.1, 0.15) is 5.75 Å². The van der Waals surface area contributed by atoms with Crippen molar-refractivity contribution in [3.05, 3.63) is 22.6 Å². The summed E-state index contributed by atoms with van der Waals surface area (Å²) in [6.07, 6.45) is 3.24. The Morgan fingerprint density at radius 1 is 1.44 bits per heavy atom. The van der Waals surface area contributed by atoms with E-state index >= 15 is 0 Å². The van der Waals surface area contributed by atoms with Gasteiger partial charge in [-0.1, -0.05) is 0 Å². The van der Waals surface area contributed by atoms with Crippen LogP contribution in [0.15, 0.2) is 17.1 Å². The second-order valence-corrected chi connectivity index (χ2v) is 4.40. The summed E-state index contributed by atoms with van der Waals surface area (Å²) in [5.74, 6) is 0.511. The minimum absolute atomic E-state index is 0.126. The molecule has 1 rings (SSSR count). The highest BCUT2D eigenvalue weighted by Gasteiger charge is 2.01. The van der Waals surface area contributed by atoms with Gasteiger partial charge in [-0.3, -0.25) is 4.79 Å². The standard InChI is InChI=1S/C12H22N4O2/c1-15(2)6-4-7-16-12(17)9-11(10-14-16)18-8-3-5-13/h9-10H,3-8,13H2,1-2H3. The van der Waals surface area contributed by atoms with Crippen molar-refractivity contribution in [2.45, 2.75) is 19.4 Å². The summed E-state index contributed by atoms with van der Waals surface area (Å²) in [4.78, 5) is 13.8. The lowest BCUT2D eigenvalue weighted by molar-refractivity contribution is 0.308. The minimum atomic E-state index is -0.126. The molecule has 6 nitrogen and oxygen atoms in total. The Hall–Kier alpha value is -1.40. The average molecular weight is 254 g/mol. The van der Waals surface area contributed by atoms with E-state index < -0.39 is 0 Å². The van der Waals surface area contributed by atoms with Gasteiger partial charge in [0.2, 0.25) is 0 Å². The molecular formula is C12H22N4O2. The van der Waals surface area contributed by atoms with Gasteiger partial charge in [0.25, 0.3) is 5.56 Å². The lowest BCUT2D eigenvalue weighted by atomic mass is 10.4. The van der Waals surface area contributed by atoms with Gasteiger partial charge in [-0.15, -0.1) is 0 Å². The van der Waals surface area contributed by atoms with Gasteiger partial charge in [0.05, 0.1) is 12.8 Å². The van der Waals surface area contributed by atoms with Crippen molar-refractivity contribution in [3.8, 4) is 5.75 Å². The number of ether oxygens (including phenoxy) is 1. The SMILES string of the molecule is CN(C)CCCn1ncc(OCCCN)cc1=O. The zero-order chi connectivity index (χ0) is 13.4. The quantitative estimate of drug-likeness (QED) is 0.657. The first-order valence-electron chi connectivity index (χ1n) is 6.18. The van der Waals surface area contributed by atoms with Crippen molar-refractivity contribution in [2.24, 2.45) is 5.73 Å². The monoisotopic (exact) mass is 254 g/mol. The Bertz CT molecular complexity index is 403. The largest absolute Gasteiger partial charge is 0.492 e. The molecule has 0 saturated carbocycles. The third kappa shape index (κ3) is 5.29. The van der Waals surface area contributed by atoms with Crippen LogP contribution in [0, 0.1) is 0 Å². The van der Waals surface area contributed by atoms with Crippen molar-refractivity contribution in [1.82, 2.24) is 14.7 Å². The van der Waals surface area contributed by atoms with Crippen LogP contribution in [0.1, 0.15) is 12.8 Å². The van der Waals surface area contributed by atoms with Crippen LogP contribution in [0.3, 0.4) is 0 Å². The second-order valence-electron chi connectivity index (χ2n) is 4.40. The summed E-state index contributed by atoms with van der Waals surface area (Å²) in [6.45, 7) is 2.65. The zero-order valence-corrected chi connectivity index (χ0v) is 11.1. The normalized spacial score (nSPS) is 10.9. The summed E-state index contributed by atoms with van der Waals surface area (Å²) in [7, 11) is 4.01. The van der Waals surface area contributed by atoms with E-state index in [1.807, 2.05) is 14.1 Å². The first-order valence-corrected chi connectivity index (χ1v) is 6.18. The predicted molar refractivity (Wildman–Crippen MR) is 70.8 cm³/mol. The molecule has 0 atom stereocenters. The highest BCUT2D eigenvalue weighted by Crippen LogP contribution is 2.03. The molecule has 102 valence electrons. The molecule has 18 heavy (non-hydrogen) atoms. The molecule has 0 fully saturated rings. The molecule has 0 aliphatic heterocycles. The number of nitrogens with zero attached hydrogens (tertiary/aromatic N) is 3. The number of hydrogen-bond donors (Lipinski definition) is 1. The van der Waals surface area contributed by atoms with Gasteiger partial charge in [0, 0.05) is 12.6 Å². The number of aromatic nitrogens is 2. The Labute approximate surface area is 107 Å². The molecule has 0 saturated heterocycles. The molecular weight excluding hydrogens is 232 g/mol. The van der Waals surface area contributed by atoms with Crippen LogP contribution < -0.4 is 16.0 Å². The van der Waals surface area contributed by atoms with Crippen LogP contribution >= 0.6 is 0 Å². The van der Waals surface area contributed by atoms with Crippen molar-refractivity contribution in [2.75, 3.05) is 33.8 Å². The van der Waals surface area contributed by atoms with Crippen molar-refractivity contribution >= 4 is 0 Å². The first kappa shape index (κ1) is 14.7. The molecule has 0 spiro atoms. The molecule has 6 heteroatoms. The van der Waals surface area contributed by atoms with E-state index in [1.54, 1.807) is 6.20 Å². The van der Waals surface area contributed by atoms with Gasteiger partial charge in [0.15, 0.2) is 0 Å². The van der Waals surface area contributed by atoms with Gasteiger partial charge < -0.3 is 15.4 Å².